The molecule has 1 N–H and O–H groups in total. The topological polar surface area (TPSA) is 29.1 Å². The van der Waals surface area contributed by atoms with Gasteiger partial charge in [0.2, 0.25) is 5.91 Å². The van der Waals surface area contributed by atoms with Crippen LogP contribution in [0, 0.1) is 11.6 Å². The van der Waals surface area contributed by atoms with Crippen LogP contribution >= 0.6 is 11.8 Å². The number of amides is 1. The van der Waals surface area contributed by atoms with Crippen molar-refractivity contribution in [2.75, 3.05) is 0 Å². The molecule has 0 spiro atoms. The molecule has 0 aliphatic heterocycles. The Bertz CT molecular complexity index is 648. The standard InChI is InChI=1S/C17H17F2NOS/c1-11(13-6-4-3-5-7-13)20-17(21)12(2)22-16-9-8-14(18)10-15(16)19/h3-12H,1-2H3,(H,20,21). The molecule has 5 heteroatoms. The van der Waals surface area contributed by atoms with Gasteiger partial charge in [0.1, 0.15) is 11.6 Å². The molecular weight excluding hydrogens is 304 g/mol. The van der Waals surface area contributed by atoms with E-state index in [2.05, 4.69) is 5.32 Å². The molecule has 0 saturated carbocycles. The van der Waals surface area contributed by atoms with E-state index in [4.69, 9.17) is 0 Å². The predicted molar refractivity (Wildman–Crippen MR) is 84.7 cm³/mol. The fourth-order valence-electron chi connectivity index (χ4n) is 1.97. The monoisotopic (exact) mass is 321 g/mol. The molecule has 0 fully saturated rings. The molecule has 0 radical (unpaired) electrons. The van der Waals surface area contributed by atoms with E-state index in [-0.39, 0.29) is 16.8 Å². The number of carbonyl (C=O) groups excluding carboxylic acids is 1. The highest BCUT2D eigenvalue weighted by Crippen LogP contribution is 2.27. The molecule has 0 bridgehead atoms. The average molecular weight is 321 g/mol. The largest absolute Gasteiger partial charge is 0.349 e. The summed E-state index contributed by atoms with van der Waals surface area (Å²) in [6, 6.07) is 12.8. The molecule has 2 rings (SSSR count). The zero-order chi connectivity index (χ0) is 16.1. The third-order valence-electron chi connectivity index (χ3n) is 3.23. The summed E-state index contributed by atoms with van der Waals surface area (Å²) < 4.78 is 26.5. The van der Waals surface area contributed by atoms with Crippen LogP contribution in [0.1, 0.15) is 25.5 Å². The van der Waals surface area contributed by atoms with E-state index >= 15 is 0 Å². The van der Waals surface area contributed by atoms with Crippen molar-refractivity contribution in [3.05, 3.63) is 65.7 Å². The maximum atomic E-state index is 13.6. The van der Waals surface area contributed by atoms with Crippen molar-refractivity contribution < 1.29 is 13.6 Å². The van der Waals surface area contributed by atoms with E-state index in [1.54, 1.807) is 6.92 Å². The molecular formula is C17H17F2NOS. The van der Waals surface area contributed by atoms with Crippen LogP contribution < -0.4 is 5.32 Å². The van der Waals surface area contributed by atoms with Crippen LogP contribution in [0.4, 0.5) is 8.78 Å². The third-order valence-corrected chi connectivity index (χ3v) is 4.38. The number of hydrogen-bond acceptors (Lipinski definition) is 2. The molecule has 0 heterocycles. The third kappa shape index (κ3) is 4.31. The lowest BCUT2D eigenvalue weighted by atomic mass is 10.1. The van der Waals surface area contributed by atoms with Crippen molar-refractivity contribution in [2.24, 2.45) is 0 Å². The second kappa shape index (κ2) is 7.40. The van der Waals surface area contributed by atoms with Gasteiger partial charge in [-0.2, -0.15) is 0 Å². The minimum absolute atomic E-state index is 0.130. The van der Waals surface area contributed by atoms with Crippen LogP contribution in [0.15, 0.2) is 53.4 Å². The summed E-state index contributed by atoms with van der Waals surface area (Å²) in [7, 11) is 0. The summed E-state index contributed by atoms with van der Waals surface area (Å²) in [6.07, 6.45) is 0. The fourth-order valence-corrected chi connectivity index (χ4v) is 2.84. The van der Waals surface area contributed by atoms with Crippen molar-refractivity contribution in [2.45, 2.75) is 30.0 Å². The van der Waals surface area contributed by atoms with Crippen molar-refractivity contribution in [1.82, 2.24) is 5.32 Å². The Hall–Kier alpha value is -1.88. The number of hydrogen-bond donors (Lipinski definition) is 1. The number of halogens is 2. The summed E-state index contributed by atoms with van der Waals surface area (Å²) in [5.41, 5.74) is 1.00. The van der Waals surface area contributed by atoms with Gasteiger partial charge in [0.05, 0.1) is 11.3 Å². The number of rotatable bonds is 5. The van der Waals surface area contributed by atoms with Crippen LogP contribution in [0.3, 0.4) is 0 Å². The van der Waals surface area contributed by atoms with E-state index in [1.807, 2.05) is 37.3 Å². The van der Waals surface area contributed by atoms with Gasteiger partial charge in [-0.1, -0.05) is 30.3 Å². The predicted octanol–water partition coefficient (Wildman–Crippen LogP) is 4.32. The Morgan fingerprint density at radius 2 is 1.77 bits per heavy atom. The molecule has 0 aliphatic rings. The summed E-state index contributed by atoms with van der Waals surface area (Å²) in [5.74, 6) is -1.47. The summed E-state index contributed by atoms with van der Waals surface area (Å²) in [4.78, 5) is 12.4. The first-order valence-corrected chi connectivity index (χ1v) is 7.82. The molecule has 0 saturated heterocycles. The number of nitrogens with one attached hydrogen (secondary N) is 1. The first kappa shape index (κ1) is 16.5. The molecule has 2 aromatic carbocycles. The first-order chi connectivity index (χ1) is 10.5. The average Bonchev–Trinajstić information content (AvgIpc) is 2.50. The van der Waals surface area contributed by atoms with Crippen molar-refractivity contribution in [3.63, 3.8) is 0 Å². The number of thioether (sulfide) groups is 1. The second-order valence-electron chi connectivity index (χ2n) is 4.98. The van der Waals surface area contributed by atoms with Crippen molar-refractivity contribution in [3.8, 4) is 0 Å². The smallest absolute Gasteiger partial charge is 0.233 e. The minimum Gasteiger partial charge on any atom is -0.349 e. The normalized spacial score (nSPS) is 13.5. The van der Waals surface area contributed by atoms with E-state index in [1.165, 1.54) is 12.1 Å². The molecule has 1 amide bonds. The van der Waals surface area contributed by atoms with Gasteiger partial charge in [-0.25, -0.2) is 8.78 Å². The number of carbonyl (C=O) groups is 1. The summed E-state index contributed by atoms with van der Waals surface area (Å²) in [6.45, 7) is 3.59. The van der Waals surface area contributed by atoms with Crippen LogP contribution in [0.25, 0.3) is 0 Å². The van der Waals surface area contributed by atoms with E-state index < -0.39 is 16.9 Å². The molecule has 22 heavy (non-hydrogen) atoms. The molecule has 2 nitrogen and oxygen atoms in total. The van der Waals surface area contributed by atoms with Gasteiger partial charge in [-0.15, -0.1) is 11.8 Å². The minimum atomic E-state index is -0.652. The molecule has 116 valence electrons. The maximum absolute atomic E-state index is 13.6. The molecule has 2 atom stereocenters. The summed E-state index contributed by atoms with van der Waals surface area (Å²) >= 11 is 1.07. The Kier molecular flexibility index (Phi) is 5.55. The molecule has 0 aliphatic carbocycles. The second-order valence-corrected chi connectivity index (χ2v) is 6.36. The molecule has 0 aromatic heterocycles. The van der Waals surface area contributed by atoms with E-state index in [9.17, 15) is 13.6 Å². The van der Waals surface area contributed by atoms with Gasteiger partial charge in [0.25, 0.3) is 0 Å². The highest BCUT2D eigenvalue weighted by molar-refractivity contribution is 8.00. The molecule has 2 aromatic rings. The molecule has 2 unspecified atom stereocenters. The zero-order valence-corrected chi connectivity index (χ0v) is 13.2. The SMILES string of the molecule is CC(Sc1ccc(F)cc1F)C(=O)NC(C)c1ccccc1. The van der Waals surface area contributed by atoms with Gasteiger partial charge < -0.3 is 5.32 Å². The van der Waals surface area contributed by atoms with Gasteiger partial charge in [-0.3, -0.25) is 4.79 Å². The highest BCUT2D eigenvalue weighted by Gasteiger charge is 2.18. The van der Waals surface area contributed by atoms with Crippen molar-refractivity contribution in [1.29, 1.82) is 0 Å². The lowest BCUT2D eigenvalue weighted by molar-refractivity contribution is -0.120. The Labute approximate surface area is 132 Å². The lowest BCUT2D eigenvalue weighted by Crippen LogP contribution is -2.33. The van der Waals surface area contributed by atoms with Crippen LogP contribution in [0.5, 0.6) is 0 Å². The quantitative estimate of drug-likeness (QED) is 0.831. The van der Waals surface area contributed by atoms with Crippen LogP contribution in [0.2, 0.25) is 0 Å². The Morgan fingerprint density at radius 3 is 2.41 bits per heavy atom. The first-order valence-electron chi connectivity index (χ1n) is 6.94. The van der Waals surface area contributed by atoms with Crippen molar-refractivity contribution >= 4 is 17.7 Å². The van der Waals surface area contributed by atoms with Gasteiger partial charge in [-0.05, 0) is 31.5 Å². The maximum Gasteiger partial charge on any atom is 0.233 e. The van der Waals surface area contributed by atoms with Gasteiger partial charge in [0.15, 0.2) is 0 Å². The number of benzene rings is 2. The van der Waals surface area contributed by atoms with Gasteiger partial charge in [0, 0.05) is 11.0 Å². The highest BCUT2D eigenvalue weighted by atomic mass is 32.2. The Balaban J connectivity index is 1.97. The fraction of sp³-hybridized carbons (Fsp3) is 0.235. The van der Waals surface area contributed by atoms with Crippen LogP contribution in [-0.4, -0.2) is 11.2 Å². The zero-order valence-electron chi connectivity index (χ0n) is 12.3. The van der Waals surface area contributed by atoms with E-state index in [0.29, 0.717) is 0 Å². The van der Waals surface area contributed by atoms with E-state index in [0.717, 1.165) is 23.4 Å². The lowest BCUT2D eigenvalue weighted by Gasteiger charge is -2.18. The summed E-state index contributed by atoms with van der Waals surface area (Å²) in [5, 5.41) is 2.41. The van der Waals surface area contributed by atoms with Crippen LogP contribution in [-0.2, 0) is 4.79 Å². The Morgan fingerprint density at radius 1 is 1.09 bits per heavy atom. The van der Waals surface area contributed by atoms with Gasteiger partial charge >= 0.3 is 0 Å².